The van der Waals surface area contributed by atoms with E-state index in [0.29, 0.717) is 12.4 Å². The minimum Gasteiger partial charge on any atom is -0.466 e. The van der Waals surface area contributed by atoms with Crippen molar-refractivity contribution < 1.29 is 14.3 Å². The van der Waals surface area contributed by atoms with Gasteiger partial charge in [0.15, 0.2) is 0 Å². The molecule has 1 fully saturated rings. The van der Waals surface area contributed by atoms with Crippen LogP contribution >= 0.6 is 0 Å². The lowest BCUT2D eigenvalue weighted by Crippen LogP contribution is -2.19. The van der Waals surface area contributed by atoms with Gasteiger partial charge >= 0.3 is 6.01 Å². The number of nitrogens with zero attached hydrogens (tertiary/aromatic N) is 2. The maximum atomic E-state index is 11.5. The lowest BCUT2D eigenvalue weighted by atomic mass is 10.2. The number of hydrogen-bond acceptors (Lipinski definition) is 5. The van der Waals surface area contributed by atoms with E-state index >= 15 is 0 Å². The fraction of sp³-hybridized carbons (Fsp3) is 0.667. The van der Waals surface area contributed by atoms with Crippen LogP contribution in [0.4, 0.5) is 5.95 Å². The third-order valence-electron chi connectivity index (χ3n) is 2.34. The van der Waals surface area contributed by atoms with Gasteiger partial charge in [0, 0.05) is 6.61 Å². The zero-order chi connectivity index (χ0) is 11.4. The monoisotopic (exact) mass is 226 g/mol. The molecule has 1 unspecified atom stereocenters. The molecule has 2 rings (SSSR count). The zero-order valence-corrected chi connectivity index (χ0v) is 9.02. The van der Waals surface area contributed by atoms with E-state index < -0.39 is 0 Å². The molecule has 7 nitrogen and oxygen atoms in total. The highest BCUT2D eigenvalue weighted by molar-refractivity contribution is 5.89. The summed E-state index contributed by atoms with van der Waals surface area (Å²) in [5, 5.41) is 8.86. The Bertz CT molecular complexity index is 359. The Labute approximate surface area is 92.5 Å². The number of rotatable bonds is 4. The second kappa shape index (κ2) is 4.93. The number of methoxy groups -OCH3 is 1. The first kappa shape index (κ1) is 10.9. The maximum Gasteiger partial charge on any atom is 0.336 e. The lowest BCUT2D eigenvalue weighted by Gasteiger charge is -2.07. The highest BCUT2D eigenvalue weighted by Crippen LogP contribution is 2.15. The fourth-order valence-corrected chi connectivity index (χ4v) is 1.59. The molecule has 2 N–H and O–H groups in total. The number of aromatic amines is 1. The van der Waals surface area contributed by atoms with Crippen LogP contribution in [0.3, 0.4) is 0 Å². The SMILES string of the molecule is COc1n[nH]c(NC(=O)CC2CCCO2)n1. The number of ether oxygens (including phenoxy) is 2. The summed E-state index contributed by atoms with van der Waals surface area (Å²) in [7, 11) is 1.46. The van der Waals surface area contributed by atoms with Crippen molar-refractivity contribution in [3.63, 3.8) is 0 Å². The van der Waals surface area contributed by atoms with Gasteiger partial charge in [0.2, 0.25) is 11.9 Å². The van der Waals surface area contributed by atoms with Crippen molar-refractivity contribution in [3.05, 3.63) is 0 Å². The molecule has 2 heterocycles. The van der Waals surface area contributed by atoms with Crippen LogP contribution in [0, 0.1) is 0 Å². The van der Waals surface area contributed by atoms with Crippen LogP contribution < -0.4 is 10.1 Å². The summed E-state index contributed by atoms with van der Waals surface area (Å²) in [4.78, 5) is 15.4. The predicted octanol–water partition coefficient (Wildman–Crippen LogP) is 0.321. The Hall–Kier alpha value is -1.63. The number of anilines is 1. The Morgan fingerprint density at radius 2 is 2.62 bits per heavy atom. The van der Waals surface area contributed by atoms with Crippen LogP contribution in [0.5, 0.6) is 6.01 Å². The molecule has 1 amide bonds. The molecule has 1 aliphatic rings. The van der Waals surface area contributed by atoms with Gasteiger partial charge in [0.05, 0.1) is 19.6 Å². The summed E-state index contributed by atoms with van der Waals surface area (Å²) in [5.74, 6) is 0.158. The van der Waals surface area contributed by atoms with Gasteiger partial charge < -0.3 is 9.47 Å². The molecule has 1 aliphatic heterocycles. The first-order chi connectivity index (χ1) is 7.78. The molecule has 7 heteroatoms. The Morgan fingerprint density at radius 3 is 3.25 bits per heavy atom. The van der Waals surface area contributed by atoms with E-state index in [1.54, 1.807) is 0 Å². The van der Waals surface area contributed by atoms with Gasteiger partial charge in [-0.25, -0.2) is 5.10 Å². The van der Waals surface area contributed by atoms with Crippen molar-refractivity contribution in [2.45, 2.75) is 25.4 Å². The van der Waals surface area contributed by atoms with E-state index in [2.05, 4.69) is 20.5 Å². The number of nitrogens with one attached hydrogen (secondary N) is 2. The van der Waals surface area contributed by atoms with Gasteiger partial charge in [-0.3, -0.25) is 10.1 Å². The average Bonchev–Trinajstić information content (AvgIpc) is 2.89. The molecule has 0 spiro atoms. The van der Waals surface area contributed by atoms with Gasteiger partial charge in [-0.05, 0) is 12.8 Å². The van der Waals surface area contributed by atoms with Crippen LogP contribution in [0.1, 0.15) is 19.3 Å². The number of carbonyl (C=O) groups excluding carboxylic acids is 1. The number of carbonyl (C=O) groups is 1. The smallest absolute Gasteiger partial charge is 0.336 e. The molecule has 1 saturated heterocycles. The zero-order valence-electron chi connectivity index (χ0n) is 9.02. The molecule has 0 aliphatic carbocycles. The van der Waals surface area contributed by atoms with Crippen LogP contribution in [-0.4, -0.2) is 40.9 Å². The molecule has 1 aromatic heterocycles. The summed E-state index contributed by atoms with van der Waals surface area (Å²) in [5.41, 5.74) is 0. The molecule has 0 bridgehead atoms. The van der Waals surface area contributed by atoms with Crippen LogP contribution in [0.15, 0.2) is 0 Å². The second-order valence-electron chi connectivity index (χ2n) is 3.56. The highest BCUT2D eigenvalue weighted by Gasteiger charge is 2.19. The summed E-state index contributed by atoms with van der Waals surface area (Å²) < 4.78 is 10.1. The summed E-state index contributed by atoms with van der Waals surface area (Å²) in [6.07, 6.45) is 2.34. The van der Waals surface area contributed by atoms with E-state index in [4.69, 9.17) is 9.47 Å². The first-order valence-corrected chi connectivity index (χ1v) is 5.16. The number of H-pyrrole nitrogens is 1. The van der Waals surface area contributed by atoms with Gasteiger partial charge in [-0.2, -0.15) is 4.98 Å². The van der Waals surface area contributed by atoms with E-state index in [9.17, 15) is 4.79 Å². The predicted molar refractivity (Wildman–Crippen MR) is 55.2 cm³/mol. The Balaban J connectivity index is 1.81. The van der Waals surface area contributed by atoms with Crippen LogP contribution in [-0.2, 0) is 9.53 Å². The molecule has 1 aromatic rings. The normalized spacial score (nSPS) is 19.7. The number of aromatic nitrogens is 3. The first-order valence-electron chi connectivity index (χ1n) is 5.16. The van der Waals surface area contributed by atoms with Gasteiger partial charge in [-0.15, -0.1) is 5.10 Å². The molecule has 16 heavy (non-hydrogen) atoms. The van der Waals surface area contributed by atoms with Crippen molar-refractivity contribution in [1.82, 2.24) is 15.2 Å². The Morgan fingerprint density at radius 1 is 1.75 bits per heavy atom. The lowest BCUT2D eigenvalue weighted by molar-refractivity contribution is -0.118. The quantitative estimate of drug-likeness (QED) is 0.771. The standard InChI is InChI=1S/C9H14N4O3/c1-15-9-11-8(12-13-9)10-7(14)5-6-3-2-4-16-6/h6H,2-5H2,1H3,(H2,10,11,12,13,14). The van der Waals surface area contributed by atoms with Crippen LogP contribution in [0.25, 0.3) is 0 Å². The summed E-state index contributed by atoms with van der Waals surface area (Å²) in [6, 6.07) is 0.201. The largest absolute Gasteiger partial charge is 0.466 e. The molecule has 0 aromatic carbocycles. The van der Waals surface area contributed by atoms with E-state index in [1.807, 2.05) is 0 Å². The highest BCUT2D eigenvalue weighted by atomic mass is 16.5. The topological polar surface area (TPSA) is 89.1 Å². The van der Waals surface area contributed by atoms with Gasteiger partial charge in [0.25, 0.3) is 0 Å². The van der Waals surface area contributed by atoms with E-state index in [1.165, 1.54) is 7.11 Å². The molecular weight excluding hydrogens is 212 g/mol. The number of amides is 1. The van der Waals surface area contributed by atoms with Crippen molar-refractivity contribution in [3.8, 4) is 6.01 Å². The van der Waals surface area contributed by atoms with E-state index in [0.717, 1.165) is 19.4 Å². The fourth-order valence-electron chi connectivity index (χ4n) is 1.59. The number of hydrogen-bond donors (Lipinski definition) is 2. The third-order valence-corrected chi connectivity index (χ3v) is 2.34. The molecular formula is C9H14N4O3. The van der Waals surface area contributed by atoms with E-state index in [-0.39, 0.29) is 18.0 Å². The van der Waals surface area contributed by atoms with Gasteiger partial charge in [0.1, 0.15) is 0 Å². The van der Waals surface area contributed by atoms with Crippen molar-refractivity contribution in [2.24, 2.45) is 0 Å². The molecule has 88 valence electrons. The molecule has 0 radical (unpaired) electrons. The molecule has 0 saturated carbocycles. The van der Waals surface area contributed by atoms with Crippen molar-refractivity contribution in [2.75, 3.05) is 19.0 Å². The summed E-state index contributed by atoms with van der Waals surface area (Å²) >= 11 is 0. The van der Waals surface area contributed by atoms with Crippen molar-refractivity contribution >= 4 is 11.9 Å². The average molecular weight is 226 g/mol. The molecule has 1 atom stereocenters. The minimum atomic E-state index is -0.134. The summed E-state index contributed by atoms with van der Waals surface area (Å²) in [6.45, 7) is 0.744. The van der Waals surface area contributed by atoms with Crippen LogP contribution in [0.2, 0.25) is 0 Å². The minimum absolute atomic E-state index is 0.0322. The Kier molecular flexibility index (Phi) is 3.35. The van der Waals surface area contributed by atoms with Crippen molar-refractivity contribution in [1.29, 1.82) is 0 Å². The van der Waals surface area contributed by atoms with Gasteiger partial charge in [-0.1, -0.05) is 0 Å². The third kappa shape index (κ3) is 2.69. The maximum absolute atomic E-state index is 11.5. The second-order valence-corrected chi connectivity index (χ2v) is 3.56.